The van der Waals surface area contributed by atoms with Gasteiger partial charge in [-0.15, -0.1) is 0 Å². The number of piperidine rings is 1. The molecule has 0 unspecified atom stereocenters. The quantitative estimate of drug-likeness (QED) is 0.665. The van der Waals surface area contributed by atoms with E-state index in [0.717, 1.165) is 18.4 Å². The second kappa shape index (κ2) is 8.47. The fraction of sp³-hybridized carbons (Fsp3) is 0.440. The molecule has 0 saturated carbocycles. The van der Waals surface area contributed by atoms with Crippen molar-refractivity contribution in [1.29, 1.82) is 0 Å². The second-order valence-electron chi connectivity index (χ2n) is 9.96. The molecule has 170 valence electrons. The Labute approximate surface area is 188 Å². The third-order valence-electron chi connectivity index (χ3n) is 5.74. The van der Waals surface area contributed by atoms with E-state index < -0.39 is 0 Å². The molecule has 0 spiro atoms. The van der Waals surface area contributed by atoms with Crippen LogP contribution in [0.25, 0.3) is 0 Å². The third kappa shape index (κ3) is 5.40. The molecular weight excluding hydrogens is 406 g/mol. The van der Waals surface area contributed by atoms with Gasteiger partial charge >= 0.3 is 0 Å². The summed E-state index contributed by atoms with van der Waals surface area (Å²) in [4.78, 5) is 25.4. The average Bonchev–Trinajstić information content (AvgIpc) is 3.13. The fourth-order valence-corrected chi connectivity index (χ4v) is 4.88. The molecule has 0 atom stereocenters. The first kappa shape index (κ1) is 22.1. The maximum Gasteiger partial charge on any atom is 0.251 e. The predicted molar refractivity (Wildman–Crippen MR) is 123 cm³/mol. The SMILES string of the molecule is CC1(C)CC(NC(=O)c2cccc(CC(=O)Nc3ccc4c(c3)OCO4)c2)CC(C)(C)N1. The summed E-state index contributed by atoms with van der Waals surface area (Å²) in [7, 11) is 0. The van der Waals surface area contributed by atoms with Crippen molar-refractivity contribution in [3.05, 3.63) is 53.6 Å². The Hall–Kier alpha value is -3.06. The largest absolute Gasteiger partial charge is 0.454 e. The number of anilines is 1. The van der Waals surface area contributed by atoms with Crippen LogP contribution in [0.4, 0.5) is 5.69 Å². The molecule has 2 aromatic carbocycles. The van der Waals surface area contributed by atoms with Crippen LogP contribution in [0.1, 0.15) is 56.5 Å². The molecule has 4 rings (SSSR count). The molecule has 0 aliphatic carbocycles. The minimum atomic E-state index is -0.164. The van der Waals surface area contributed by atoms with Crippen molar-refractivity contribution in [1.82, 2.24) is 10.6 Å². The molecule has 2 aliphatic heterocycles. The van der Waals surface area contributed by atoms with Crippen LogP contribution in [0.2, 0.25) is 0 Å². The van der Waals surface area contributed by atoms with Crippen molar-refractivity contribution in [3.8, 4) is 11.5 Å². The monoisotopic (exact) mass is 437 g/mol. The van der Waals surface area contributed by atoms with Gasteiger partial charge in [-0.25, -0.2) is 0 Å². The molecule has 0 radical (unpaired) electrons. The molecule has 7 heteroatoms. The number of fused-ring (bicyclic) bond motifs is 1. The van der Waals surface area contributed by atoms with Crippen molar-refractivity contribution >= 4 is 17.5 Å². The highest BCUT2D eigenvalue weighted by atomic mass is 16.7. The van der Waals surface area contributed by atoms with Gasteiger partial charge in [-0.05, 0) is 70.4 Å². The maximum atomic E-state index is 12.9. The Balaban J connectivity index is 1.37. The number of carbonyl (C=O) groups is 2. The number of benzene rings is 2. The molecule has 1 saturated heterocycles. The van der Waals surface area contributed by atoms with Gasteiger partial charge in [-0.2, -0.15) is 0 Å². The van der Waals surface area contributed by atoms with Gasteiger partial charge in [0, 0.05) is 34.4 Å². The smallest absolute Gasteiger partial charge is 0.251 e. The van der Waals surface area contributed by atoms with Crippen LogP contribution < -0.4 is 25.4 Å². The normalized spacial score (nSPS) is 18.8. The van der Waals surface area contributed by atoms with Crippen molar-refractivity contribution in [2.24, 2.45) is 0 Å². The van der Waals surface area contributed by atoms with Gasteiger partial charge in [0.25, 0.3) is 5.91 Å². The Morgan fingerprint density at radius 3 is 2.47 bits per heavy atom. The summed E-state index contributed by atoms with van der Waals surface area (Å²) in [5, 5.41) is 9.68. The van der Waals surface area contributed by atoms with E-state index in [2.05, 4.69) is 43.6 Å². The topological polar surface area (TPSA) is 88.7 Å². The number of amides is 2. The summed E-state index contributed by atoms with van der Waals surface area (Å²) in [6.07, 6.45) is 1.89. The van der Waals surface area contributed by atoms with Crippen molar-refractivity contribution in [2.75, 3.05) is 12.1 Å². The van der Waals surface area contributed by atoms with Gasteiger partial charge in [0.05, 0.1) is 6.42 Å². The van der Waals surface area contributed by atoms with Gasteiger partial charge in [0.15, 0.2) is 11.5 Å². The third-order valence-corrected chi connectivity index (χ3v) is 5.74. The second-order valence-corrected chi connectivity index (χ2v) is 9.96. The molecule has 2 aliphatic rings. The van der Waals surface area contributed by atoms with E-state index in [1.165, 1.54) is 0 Å². The van der Waals surface area contributed by atoms with E-state index in [1.807, 2.05) is 12.1 Å². The Morgan fingerprint density at radius 1 is 1.00 bits per heavy atom. The summed E-state index contributed by atoms with van der Waals surface area (Å²) < 4.78 is 10.6. The first-order chi connectivity index (χ1) is 15.1. The van der Waals surface area contributed by atoms with Crippen LogP contribution in [0.15, 0.2) is 42.5 Å². The van der Waals surface area contributed by atoms with E-state index in [1.54, 1.807) is 30.3 Å². The van der Waals surface area contributed by atoms with Crippen molar-refractivity contribution in [3.63, 3.8) is 0 Å². The van der Waals surface area contributed by atoms with Gasteiger partial charge in [0.1, 0.15) is 0 Å². The molecule has 2 aromatic rings. The van der Waals surface area contributed by atoms with E-state index in [-0.39, 0.29) is 42.1 Å². The zero-order chi connectivity index (χ0) is 22.9. The Bertz CT molecular complexity index is 1020. The van der Waals surface area contributed by atoms with Crippen molar-refractivity contribution < 1.29 is 19.1 Å². The summed E-state index contributed by atoms with van der Waals surface area (Å²) in [6.45, 7) is 8.83. The van der Waals surface area contributed by atoms with Crippen LogP contribution in [-0.4, -0.2) is 35.7 Å². The lowest BCUT2D eigenvalue weighted by Gasteiger charge is -2.46. The summed E-state index contributed by atoms with van der Waals surface area (Å²) >= 11 is 0. The van der Waals surface area contributed by atoms with Crippen LogP contribution in [0.3, 0.4) is 0 Å². The van der Waals surface area contributed by atoms with Crippen LogP contribution in [0, 0.1) is 0 Å². The van der Waals surface area contributed by atoms with Crippen LogP contribution in [-0.2, 0) is 11.2 Å². The predicted octanol–water partition coefficient (Wildman–Crippen LogP) is 3.64. The zero-order valence-electron chi connectivity index (χ0n) is 19.1. The highest BCUT2D eigenvalue weighted by Gasteiger charge is 2.38. The lowest BCUT2D eigenvalue weighted by Crippen LogP contribution is -2.62. The molecule has 3 N–H and O–H groups in total. The van der Waals surface area contributed by atoms with Crippen molar-refractivity contribution in [2.45, 2.75) is 64.1 Å². The molecule has 2 amide bonds. The molecule has 2 heterocycles. The number of rotatable bonds is 5. The lowest BCUT2D eigenvalue weighted by molar-refractivity contribution is -0.115. The number of hydrogen-bond acceptors (Lipinski definition) is 5. The van der Waals surface area contributed by atoms with Gasteiger partial charge in [0.2, 0.25) is 12.7 Å². The molecule has 7 nitrogen and oxygen atoms in total. The van der Waals surface area contributed by atoms with Crippen LogP contribution in [0.5, 0.6) is 11.5 Å². The summed E-state index contributed by atoms with van der Waals surface area (Å²) in [6, 6.07) is 12.6. The number of ether oxygens (including phenoxy) is 2. The van der Waals surface area contributed by atoms with E-state index in [9.17, 15) is 9.59 Å². The molecule has 1 fully saturated rings. The fourth-order valence-electron chi connectivity index (χ4n) is 4.88. The maximum absolute atomic E-state index is 12.9. The van der Waals surface area contributed by atoms with E-state index in [0.29, 0.717) is 22.7 Å². The minimum absolute atomic E-state index is 0.0473. The minimum Gasteiger partial charge on any atom is -0.454 e. The molecular formula is C25H31N3O4. The Morgan fingerprint density at radius 2 is 1.72 bits per heavy atom. The number of hydrogen-bond donors (Lipinski definition) is 3. The van der Waals surface area contributed by atoms with Crippen LogP contribution >= 0.6 is 0 Å². The van der Waals surface area contributed by atoms with Gasteiger partial charge in [-0.1, -0.05) is 12.1 Å². The van der Waals surface area contributed by atoms with E-state index >= 15 is 0 Å². The van der Waals surface area contributed by atoms with Gasteiger partial charge < -0.3 is 25.4 Å². The first-order valence-corrected chi connectivity index (χ1v) is 11.0. The number of carbonyl (C=O) groups excluding carboxylic acids is 2. The lowest BCUT2D eigenvalue weighted by atomic mass is 9.79. The number of nitrogens with one attached hydrogen (secondary N) is 3. The summed E-state index contributed by atoms with van der Waals surface area (Å²) in [5.41, 5.74) is 1.89. The standard InChI is InChI=1S/C25H31N3O4/c1-24(2)13-19(14-25(3,4)28-24)27-23(30)17-7-5-6-16(10-17)11-22(29)26-18-8-9-20-21(12-18)32-15-31-20/h5-10,12,19,28H,11,13-15H2,1-4H3,(H,26,29)(H,27,30). The highest BCUT2D eigenvalue weighted by Crippen LogP contribution is 2.34. The Kier molecular flexibility index (Phi) is 5.86. The summed E-state index contributed by atoms with van der Waals surface area (Å²) in [5.74, 6) is 1.01. The molecule has 32 heavy (non-hydrogen) atoms. The molecule has 0 aromatic heterocycles. The highest BCUT2D eigenvalue weighted by molar-refractivity contribution is 5.96. The molecule has 0 bridgehead atoms. The zero-order valence-corrected chi connectivity index (χ0v) is 19.1. The average molecular weight is 438 g/mol. The van der Waals surface area contributed by atoms with Gasteiger partial charge in [-0.3, -0.25) is 9.59 Å². The van der Waals surface area contributed by atoms with E-state index in [4.69, 9.17) is 9.47 Å². The first-order valence-electron chi connectivity index (χ1n) is 11.0.